The van der Waals surface area contributed by atoms with Crippen molar-refractivity contribution in [2.45, 2.75) is 18.2 Å². The molecule has 0 aliphatic rings. The third kappa shape index (κ3) is 5.37. The van der Waals surface area contributed by atoms with Crippen molar-refractivity contribution >= 4 is 23.5 Å². The first-order valence-electron chi connectivity index (χ1n) is 2.60. The molecule has 58 valence electrons. The molecule has 0 aromatic rings. The van der Waals surface area contributed by atoms with E-state index in [0.717, 1.165) is 0 Å². The van der Waals surface area contributed by atoms with Gasteiger partial charge in [-0.25, -0.2) is 0 Å². The lowest BCUT2D eigenvalue weighted by atomic mass is 10.2. The third-order valence-electron chi connectivity index (χ3n) is 0.792. The van der Waals surface area contributed by atoms with Crippen molar-refractivity contribution in [3.05, 3.63) is 0 Å². The number of hydrogen-bond acceptors (Lipinski definition) is 2. The molecule has 0 heterocycles. The average Bonchev–Trinajstić information content (AvgIpc) is 1.58. The minimum Gasteiger partial charge on any atom is -0.481 e. The summed E-state index contributed by atoms with van der Waals surface area (Å²) in [7, 11) is 0. The first kappa shape index (κ1) is 9.23. The average molecular weight is 167 g/mol. The minimum atomic E-state index is -1.08. The summed E-state index contributed by atoms with van der Waals surface area (Å²) < 4.78 is 0. The van der Waals surface area contributed by atoms with Crippen LogP contribution in [0.2, 0.25) is 0 Å². The zero-order valence-electron chi connectivity index (χ0n) is 5.08. The van der Waals surface area contributed by atoms with Gasteiger partial charge in [-0.15, -0.1) is 11.6 Å². The molecule has 0 spiro atoms. The van der Waals surface area contributed by atoms with Gasteiger partial charge in [0.25, 0.3) is 0 Å². The summed E-state index contributed by atoms with van der Waals surface area (Å²) in [6.07, 6.45) is -0.623. The fraction of sp³-hybridized carbons (Fsp3) is 0.600. The summed E-state index contributed by atoms with van der Waals surface area (Å²) in [4.78, 5) is 19.8. The summed E-state index contributed by atoms with van der Waals surface area (Å²) in [5.41, 5.74) is 0. The molecular formula is C5H7ClO4. The van der Waals surface area contributed by atoms with Gasteiger partial charge in [-0.3, -0.25) is 9.59 Å². The second kappa shape index (κ2) is 4.11. The Morgan fingerprint density at radius 1 is 1.20 bits per heavy atom. The van der Waals surface area contributed by atoms with Gasteiger partial charge in [-0.05, 0) is 0 Å². The second-order valence-electron chi connectivity index (χ2n) is 1.79. The van der Waals surface area contributed by atoms with E-state index in [1.165, 1.54) is 0 Å². The Balaban J connectivity index is 3.53. The van der Waals surface area contributed by atoms with Crippen molar-refractivity contribution in [2.24, 2.45) is 0 Å². The molecule has 0 fully saturated rings. The molecule has 10 heavy (non-hydrogen) atoms. The normalized spacial score (nSPS) is 9.80. The van der Waals surface area contributed by atoms with E-state index in [1.54, 1.807) is 0 Å². The molecule has 0 amide bonds. The highest BCUT2D eigenvalue weighted by molar-refractivity contribution is 6.22. The molecule has 0 radical (unpaired) electrons. The van der Waals surface area contributed by atoms with Gasteiger partial charge in [0.1, 0.15) is 0 Å². The lowest BCUT2D eigenvalue weighted by molar-refractivity contribution is -0.138. The summed E-state index contributed by atoms with van der Waals surface area (Å²) in [6.45, 7) is 0. The topological polar surface area (TPSA) is 74.6 Å². The SMILES string of the molecule is O=C(O)CC(Cl)CC(=O)O. The Hall–Kier alpha value is -0.770. The number of rotatable bonds is 4. The molecule has 0 aromatic carbocycles. The van der Waals surface area contributed by atoms with Gasteiger partial charge < -0.3 is 10.2 Å². The molecule has 0 saturated heterocycles. The van der Waals surface area contributed by atoms with Crippen molar-refractivity contribution in [1.82, 2.24) is 0 Å². The van der Waals surface area contributed by atoms with E-state index in [-0.39, 0.29) is 12.8 Å². The van der Waals surface area contributed by atoms with E-state index in [2.05, 4.69) is 0 Å². The molecule has 5 heteroatoms. The molecule has 0 aliphatic heterocycles. The number of carboxylic acids is 2. The van der Waals surface area contributed by atoms with Crippen LogP contribution in [0.1, 0.15) is 12.8 Å². The molecule has 0 aromatic heterocycles. The fourth-order valence-corrected chi connectivity index (χ4v) is 0.715. The third-order valence-corrected chi connectivity index (χ3v) is 1.10. The fourth-order valence-electron chi connectivity index (χ4n) is 0.451. The van der Waals surface area contributed by atoms with Crippen molar-refractivity contribution in [1.29, 1.82) is 0 Å². The summed E-state index contributed by atoms with van der Waals surface area (Å²) in [6, 6.07) is 0. The maximum Gasteiger partial charge on any atom is 0.304 e. The molecule has 2 N–H and O–H groups in total. The van der Waals surface area contributed by atoms with Crippen LogP contribution in [0.5, 0.6) is 0 Å². The van der Waals surface area contributed by atoms with E-state index in [1.807, 2.05) is 0 Å². The highest BCUT2D eigenvalue weighted by Gasteiger charge is 2.12. The minimum absolute atomic E-state index is 0.312. The number of carboxylic acid groups (broad SMARTS) is 2. The van der Waals surface area contributed by atoms with E-state index < -0.39 is 17.3 Å². The summed E-state index contributed by atoms with van der Waals surface area (Å²) >= 11 is 5.31. The number of halogens is 1. The first-order valence-corrected chi connectivity index (χ1v) is 3.03. The van der Waals surface area contributed by atoms with Gasteiger partial charge in [0, 0.05) is 0 Å². The maximum atomic E-state index is 9.91. The molecule has 0 saturated carbocycles. The number of carbonyl (C=O) groups is 2. The lowest BCUT2D eigenvalue weighted by Gasteiger charge is -1.99. The Bertz CT molecular complexity index is 129. The van der Waals surface area contributed by atoms with Crippen LogP contribution in [0, 0.1) is 0 Å². The van der Waals surface area contributed by atoms with Gasteiger partial charge in [-0.2, -0.15) is 0 Å². The monoisotopic (exact) mass is 166 g/mol. The van der Waals surface area contributed by atoms with Crippen LogP contribution >= 0.6 is 11.6 Å². The Morgan fingerprint density at radius 2 is 1.50 bits per heavy atom. The highest BCUT2D eigenvalue weighted by atomic mass is 35.5. The molecule has 0 rings (SSSR count). The van der Waals surface area contributed by atoms with Crippen LogP contribution in [-0.4, -0.2) is 27.5 Å². The first-order chi connectivity index (χ1) is 4.52. The molecular weight excluding hydrogens is 160 g/mol. The van der Waals surface area contributed by atoms with Crippen molar-refractivity contribution in [3.8, 4) is 0 Å². The molecule has 0 unspecified atom stereocenters. The van der Waals surface area contributed by atoms with Gasteiger partial charge in [0.15, 0.2) is 0 Å². The molecule has 4 nitrogen and oxygen atoms in total. The Labute approximate surface area is 62.4 Å². The number of alkyl halides is 1. The quantitative estimate of drug-likeness (QED) is 0.598. The van der Waals surface area contributed by atoms with Gasteiger partial charge in [0.2, 0.25) is 0 Å². The molecule has 0 aliphatic carbocycles. The van der Waals surface area contributed by atoms with Crippen molar-refractivity contribution in [3.63, 3.8) is 0 Å². The second-order valence-corrected chi connectivity index (χ2v) is 2.41. The summed E-state index contributed by atoms with van der Waals surface area (Å²) in [5.74, 6) is -2.16. The number of hydrogen-bond donors (Lipinski definition) is 2. The predicted octanol–water partition coefficient (Wildman–Crippen LogP) is 0.543. The van der Waals surface area contributed by atoms with Crippen molar-refractivity contribution < 1.29 is 19.8 Å². The van der Waals surface area contributed by atoms with Crippen LogP contribution in [0.25, 0.3) is 0 Å². The zero-order valence-corrected chi connectivity index (χ0v) is 5.84. The van der Waals surface area contributed by atoms with E-state index >= 15 is 0 Å². The van der Waals surface area contributed by atoms with Crippen LogP contribution in [0.15, 0.2) is 0 Å². The smallest absolute Gasteiger partial charge is 0.304 e. The van der Waals surface area contributed by atoms with Gasteiger partial charge in [0.05, 0.1) is 18.2 Å². The Kier molecular flexibility index (Phi) is 3.79. The molecule has 0 atom stereocenters. The van der Waals surface area contributed by atoms with Crippen LogP contribution < -0.4 is 0 Å². The van der Waals surface area contributed by atoms with E-state index in [4.69, 9.17) is 21.8 Å². The maximum absolute atomic E-state index is 9.91. The summed E-state index contributed by atoms with van der Waals surface area (Å²) in [5, 5.41) is 15.4. The van der Waals surface area contributed by atoms with Crippen LogP contribution in [0.4, 0.5) is 0 Å². The van der Waals surface area contributed by atoms with Gasteiger partial charge in [-0.1, -0.05) is 0 Å². The Morgan fingerprint density at radius 3 is 1.70 bits per heavy atom. The van der Waals surface area contributed by atoms with Crippen LogP contribution in [-0.2, 0) is 9.59 Å². The van der Waals surface area contributed by atoms with Crippen molar-refractivity contribution in [2.75, 3.05) is 0 Å². The van der Waals surface area contributed by atoms with E-state index in [9.17, 15) is 9.59 Å². The standard InChI is InChI=1S/C5H7ClO4/c6-3(1-4(7)8)2-5(9)10/h3H,1-2H2,(H,7,8)(H,9,10). The predicted molar refractivity (Wildman–Crippen MR) is 34.1 cm³/mol. The molecule has 0 bridgehead atoms. The zero-order chi connectivity index (χ0) is 8.15. The van der Waals surface area contributed by atoms with Crippen LogP contribution in [0.3, 0.4) is 0 Å². The van der Waals surface area contributed by atoms with E-state index in [0.29, 0.717) is 0 Å². The largest absolute Gasteiger partial charge is 0.481 e. The van der Waals surface area contributed by atoms with Gasteiger partial charge >= 0.3 is 11.9 Å². The lowest BCUT2D eigenvalue weighted by Crippen LogP contribution is -2.11. The number of aliphatic carboxylic acids is 2. The highest BCUT2D eigenvalue weighted by Crippen LogP contribution is 2.06.